The molecule has 2 N–H and O–H groups in total. The normalized spacial score (nSPS) is 10.9. The number of fused-ring (bicyclic) bond motifs is 1. The van der Waals surface area contributed by atoms with E-state index in [1.807, 2.05) is 13.8 Å². The van der Waals surface area contributed by atoms with Crippen LogP contribution in [0.1, 0.15) is 24.2 Å². The Morgan fingerprint density at radius 3 is 2.88 bits per heavy atom. The van der Waals surface area contributed by atoms with Gasteiger partial charge in [0.25, 0.3) is 0 Å². The Balaban J connectivity index is 2.46. The van der Waals surface area contributed by atoms with Crippen LogP contribution in [0.5, 0.6) is 0 Å². The van der Waals surface area contributed by atoms with Crippen molar-refractivity contribution in [1.29, 1.82) is 0 Å². The number of anilines is 1. The molecule has 0 fully saturated rings. The molecule has 1 aromatic carbocycles. The number of hydrogen-bond donors (Lipinski definition) is 2. The van der Waals surface area contributed by atoms with Gasteiger partial charge in [0.2, 0.25) is 0 Å². The van der Waals surface area contributed by atoms with Crippen LogP contribution in [-0.2, 0) is 0 Å². The number of aromatic carboxylic acids is 1. The Labute approximate surface area is 92.0 Å². The largest absolute Gasteiger partial charge is 0.478 e. The van der Waals surface area contributed by atoms with Gasteiger partial charge in [-0.15, -0.1) is 0 Å². The van der Waals surface area contributed by atoms with Crippen molar-refractivity contribution in [2.75, 3.05) is 5.32 Å². The van der Waals surface area contributed by atoms with Gasteiger partial charge in [-0.25, -0.2) is 4.79 Å². The quantitative estimate of drug-likeness (QED) is 0.830. The maximum atomic E-state index is 10.8. The number of rotatable bonds is 3. The molecule has 0 bridgehead atoms. The lowest BCUT2D eigenvalue weighted by Crippen LogP contribution is -2.09. The van der Waals surface area contributed by atoms with Gasteiger partial charge < -0.3 is 14.9 Å². The standard InChI is InChI=1S/C11H12N2O3/c1-6(2)12-10-8-4-3-7(11(14)15)5-9(8)16-13-10/h3-6H,1-2H3,(H,12,13)(H,14,15). The highest BCUT2D eigenvalue weighted by Crippen LogP contribution is 2.24. The predicted molar refractivity (Wildman–Crippen MR) is 59.7 cm³/mol. The molecule has 84 valence electrons. The van der Waals surface area contributed by atoms with Gasteiger partial charge in [0.1, 0.15) is 0 Å². The van der Waals surface area contributed by atoms with Gasteiger partial charge >= 0.3 is 5.97 Å². The SMILES string of the molecule is CC(C)Nc1noc2cc(C(=O)O)ccc12. The molecule has 0 atom stereocenters. The molecule has 2 aromatic rings. The minimum atomic E-state index is -0.975. The van der Waals surface area contributed by atoms with Crippen LogP contribution in [0.4, 0.5) is 5.82 Å². The molecule has 0 aliphatic heterocycles. The van der Waals surface area contributed by atoms with E-state index in [1.165, 1.54) is 12.1 Å². The van der Waals surface area contributed by atoms with Gasteiger partial charge in [-0.2, -0.15) is 0 Å². The Hall–Kier alpha value is -2.04. The molecular weight excluding hydrogens is 208 g/mol. The molecule has 1 aromatic heterocycles. The average molecular weight is 220 g/mol. The van der Waals surface area contributed by atoms with Crippen LogP contribution in [0.25, 0.3) is 11.0 Å². The molecule has 5 nitrogen and oxygen atoms in total. The van der Waals surface area contributed by atoms with Crippen molar-refractivity contribution in [2.45, 2.75) is 19.9 Å². The molecule has 0 spiro atoms. The van der Waals surface area contributed by atoms with Crippen molar-refractivity contribution in [3.05, 3.63) is 23.8 Å². The highest BCUT2D eigenvalue weighted by Gasteiger charge is 2.11. The smallest absolute Gasteiger partial charge is 0.335 e. The van der Waals surface area contributed by atoms with Gasteiger partial charge in [0.05, 0.1) is 10.9 Å². The van der Waals surface area contributed by atoms with Gasteiger partial charge in [0, 0.05) is 6.04 Å². The lowest BCUT2D eigenvalue weighted by atomic mass is 10.1. The Kier molecular flexibility index (Phi) is 2.52. The molecule has 0 aliphatic carbocycles. The molecule has 0 aliphatic rings. The molecule has 5 heteroatoms. The van der Waals surface area contributed by atoms with Crippen molar-refractivity contribution in [3.8, 4) is 0 Å². The average Bonchev–Trinajstić information content (AvgIpc) is 2.60. The summed E-state index contributed by atoms with van der Waals surface area (Å²) in [5, 5.41) is 16.6. The van der Waals surface area contributed by atoms with E-state index in [9.17, 15) is 4.79 Å². The number of carboxylic acid groups (broad SMARTS) is 1. The van der Waals surface area contributed by atoms with Gasteiger partial charge in [-0.3, -0.25) is 0 Å². The zero-order valence-corrected chi connectivity index (χ0v) is 9.02. The molecule has 16 heavy (non-hydrogen) atoms. The summed E-state index contributed by atoms with van der Waals surface area (Å²) in [6.45, 7) is 3.98. The minimum Gasteiger partial charge on any atom is -0.478 e. The lowest BCUT2D eigenvalue weighted by Gasteiger charge is -2.05. The van der Waals surface area contributed by atoms with E-state index in [-0.39, 0.29) is 11.6 Å². The number of nitrogens with zero attached hydrogens (tertiary/aromatic N) is 1. The second kappa shape index (κ2) is 3.84. The monoisotopic (exact) mass is 220 g/mol. The van der Waals surface area contributed by atoms with Crippen molar-refractivity contribution in [3.63, 3.8) is 0 Å². The number of hydrogen-bond acceptors (Lipinski definition) is 4. The van der Waals surface area contributed by atoms with Gasteiger partial charge in [-0.05, 0) is 32.0 Å². The van der Waals surface area contributed by atoms with Crippen LogP contribution in [0.2, 0.25) is 0 Å². The third-order valence-electron chi connectivity index (χ3n) is 2.14. The maximum Gasteiger partial charge on any atom is 0.335 e. The van der Waals surface area contributed by atoms with E-state index in [1.54, 1.807) is 6.07 Å². The molecule has 1 heterocycles. The third kappa shape index (κ3) is 1.84. The Morgan fingerprint density at radius 1 is 1.50 bits per heavy atom. The van der Waals surface area contributed by atoms with Crippen molar-refractivity contribution in [2.24, 2.45) is 0 Å². The molecule has 0 amide bonds. The first-order chi connectivity index (χ1) is 7.58. The van der Waals surface area contributed by atoms with Crippen molar-refractivity contribution < 1.29 is 14.4 Å². The van der Waals surface area contributed by atoms with Crippen molar-refractivity contribution >= 4 is 22.8 Å². The zero-order chi connectivity index (χ0) is 11.7. The summed E-state index contributed by atoms with van der Waals surface area (Å²) >= 11 is 0. The van der Waals surface area contributed by atoms with E-state index in [4.69, 9.17) is 9.63 Å². The Morgan fingerprint density at radius 2 is 2.25 bits per heavy atom. The minimum absolute atomic E-state index is 0.194. The summed E-state index contributed by atoms with van der Waals surface area (Å²) in [6, 6.07) is 4.94. The zero-order valence-electron chi connectivity index (χ0n) is 9.02. The fourth-order valence-corrected chi connectivity index (χ4v) is 1.45. The second-order valence-electron chi connectivity index (χ2n) is 3.85. The first-order valence-corrected chi connectivity index (χ1v) is 4.97. The Bertz CT molecular complexity index is 531. The van der Waals surface area contributed by atoms with Crippen molar-refractivity contribution in [1.82, 2.24) is 5.16 Å². The molecule has 0 unspecified atom stereocenters. The fourth-order valence-electron chi connectivity index (χ4n) is 1.45. The van der Waals surface area contributed by atoms with Crippen LogP contribution >= 0.6 is 0 Å². The van der Waals surface area contributed by atoms with Crippen LogP contribution in [0.15, 0.2) is 22.7 Å². The van der Waals surface area contributed by atoms with E-state index in [0.717, 1.165) is 5.39 Å². The van der Waals surface area contributed by atoms with Crippen LogP contribution < -0.4 is 5.32 Å². The van der Waals surface area contributed by atoms with Gasteiger partial charge in [0.15, 0.2) is 11.4 Å². The molecule has 0 saturated heterocycles. The highest BCUT2D eigenvalue weighted by atomic mass is 16.5. The maximum absolute atomic E-state index is 10.8. The molecule has 0 radical (unpaired) electrons. The molecular formula is C11H12N2O3. The van der Waals surface area contributed by atoms with Crippen LogP contribution in [-0.4, -0.2) is 22.3 Å². The first-order valence-electron chi connectivity index (χ1n) is 4.97. The first kappa shape index (κ1) is 10.5. The summed E-state index contributed by atoms with van der Waals surface area (Å²) in [6.07, 6.45) is 0. The summed E-state index contributed by atoms with van der Waals surface area (Å²) in [4.78, 5) is 10.8. The van der Waals surface area contributed by atoms with Crippen LogP contribution in [0.3, 0.4) is 0 Å². The molecule has 0 saturated carbocycles. The second-order valence-corrected chi connectivity index (χ2v) is 3.85. The van der Waals surface area contributed by atoms with Gasteiger partial charge in [-0.1, -0.05) is 5.16 Å². The lowest BCUT2D eigenvalue weighted by molar-refractivity contribution is 0.0697. The number of benzene rings is 1. The fraction of sp³-hybridized carbons (Fsp3) is 0.273. The summed E-state index contributed by atoms with van der Waals surface area (Å²) in [7, 11) is 0. The summed E-state index contributed by atoms with van der Waals surface area (Å²) in [5.74, 6) is -0.335. The molecule has 2 rings (SSSR count). The highest BCUT2D eigenvalue weighted by molar-refractivity contribution is 5.95. The van der Waals surface area contributed by atoms with Crippen LogP contribution in [0, 0.1) is 0 Å². The topological polar surface area (TPSA) is 75.4 Å². The number of nitrogens with one attached hydrogen (secondary N) is 1. The number of aromatic nitrogens is 1. The third-order valence-corrected chi connectivity index (χ3v) is 2.14. The van der Waals surface area contributed by atoms with E-state index in [0.29, 0.717) is 11.4 Å². The summed E-state index contributed by atoms with van der Waals surface area (Å²) < 4.78 is 5.06. The van der Waals surface area contributed by atoms with E-state index >= 15 is 0 Å². The van der Waals surface area contributed by atoms with E-state index in [2.05, 4.69) is 10.5 Å². The number of carbonyl (C=O) groups is 1. The number of carboxylic acids is 1. The predicted octanol–water partition coefficient (Wildman–Crippen LogP) is 2.35. The van der Waals surface area contributed by atoms with E-state index < -0.39 is 5.97 Å². The summed E-state index contributed by atoms with van der Waals surface area (Å²) in [5.41, 5.74) is 0.669.